The van der Waals surface area contributed by atoms with Gasteiger partial charge in [0.1, 0.15) is 24.1 Å². The molecule has 0 fully saturated rings. The fourth-order valence-corrected chi connectivity index (χ4v) is 2.78. The maximum absolute atomic E-state index is 9.22. The van der Waals surface area contributed by atoms with Gasteiger partial charge in [-0.3, -0.25) is 0 Å². The van der Waals surface area contributed by atoms with Crippen molar-refractivity contribution >= 4 is 23.0 Å². The first-order chi connectivity index (χ1) is 11.8. The van der Waals surface area contributed by atoms with Gasteiger partial charge in [-0.2, -0.15) is 5.26 Å². The topological polar surface area (TPSA) is 91.1 Å². The number of anilines is 2. The number of hydrogen-bond donors (Lipinski definition) is 2. The average molecular weight is 338 g/mol. The van der Waals surface area contributed by atoms with Gasteiger partial charge in [-0.05, 0) is 35.7 Å². The van der Waals surface area contributed by atoms with Crippen LogP contribution in [0.4, 0.5) is 11.6 Å². The number of aliphatic hydroxyl groups is 1. The molecule has 3 aromatic rings. The van der Waals surface area contributed by atoms with E-state index in [1.165, 1.54) is 17.5 Å². The smallest absolute Gasteiger partial charge is 0.227 e. The minimum atomic E-state index is -0.0232. The van der Waals surface area contributed by atoms with E-state index in [1.54, 1.807) is 12.1 Å². The second kappa shape index (κ2) is 7.55. The molecule has 0 unspecified atom stereocenters. The number of aliphatic hydroxyl groups excluding tert-OH is 1. The molecule has 3 rings (SSSR count). The zero-order valence-electron chi connectivity index (χ0n) is 12.6. The zero-order chi connectivity index (χ0) is 16.8. The summed E-state index contributed by atoms with van der Waals surface area (Å²) in [7, 11) is 0. The van der Waals surface area contributed by atoms with E-state index in [1.807, 2.05) is 29.6 Å². The minimum absolute atomic E-state index is 0.0232. The summed E-state index contributed by atoms with van der Waals surface area (Å²) in [6, 6.07) is 13.2. The highest BCUT2D eigenvalue weighted by molar-refractivity contribution is 7.13. The normalized spacial score (nSPS) is 10.2. The van der Waals surface area contributed by atoms with Crippen LogP contribution >= 0.6 is 11.3 Å². The molecule has 0 aliphatic heterocycles. The fourth-order valence-electron chi connectivity index (χ4n) is 2.05. The van der Waals surface area contributed by atoms with Gasteiger partial charge in [0.05, 0.1) is 23.2 Å². The van der Waals surface area contributed by atoms with Crippen molar-refractivity contribution in [1.82, 2.24) is 9.97 Å². The van der Waals surface area contributed by atoms with Crippen LogP contribution in [0.25, 0.3) is 10.6 Å². The third-order valence-electron chi connectivity index (χ3n) is 3.13. The summed E-state index contributed by atoms with van der Waals surface area (Å²) in [5.41, 5.74) is 1.86. The predicted molar refractivity (Wildman–Crippen MR) is 92.4 cm³/mol. The van der Waals surface area contributed by atoms with Crippen molar-refractivity contribution in [3.63, 3.8) is 0 Å². The van der Waals surface area contributed by atoms with Crippen molar-refractivity contribution < 1.29 is 9.84 Å². The SMILES string of the molecule is N#Cc1cnc(Nc2ccc(OCCO)cc2)nc1-c1cccs1. The van der Waals surface area contributed by atoms with Crippen LogP contribution in [0.2, 0.25) is 0 Å². The van der Waals surface area contributed by atoms with E-state index in [-0.39, 0.29) is 13.2 Å². The van der Waals surface area contributed by atoms with Gasteiger partial charge in [0, 0.05) is 5.69 Å². The first-order valence-corrected chi connectivity index (χ1v) is 8.10. The van der Waals surface area contributed by atoms with Gasteiger partial charge in [0.2, 0.25) is 5.95 Å². The predicted octanol–water partition coefficient (Wildman–Crippen LogP) is 3.19. The molecule has 1 aromatic carbocycles. The van der Waals surface area contributed by atoms with Crippen molar-refractivity contribution in [3.05, 3.63) is 53.5 Å². The largest absolute Gasteiger partial charge is 0.491 e. The summed E-state index contributed by atoms with van der Waals surface area (Å²) in [5, 5.41) is 23.0. The molecule has 0 atom stereocenters. The van der Waals surface area contributed by atoms with Gasteiger partial charge in [0.25, 0.3) is 0 Å². The fraction of sp³-hybridized carbons (Fsp3) is 0.118. The molecule has 0 radical (unpaired) electrons. The van der Waals surface area contributed by atoms with Crippen LogP contribution in [-0.2, 0) is 0 Å². The first kappa shape index (κ1) is 15.9. The zero-order valence-corrected chi connectivity index (χ0v) is 13.5. The summed E-state index contributed by atoms with van der Waals surface area (Å²) in [4.78, 5) is 9.56. The number of nitriles is 1. The summed E-state index contributed by atoms with van der Waals surface area (Å²) in [5.74, 6) is 1.09. The van der Waals surface area contributed by atoms with Crippen molar-refractivity contribution in [2.75, 3.05) is 18.5 Å². The lowest BCUT2D eigenvalue weighted by molar-refractivity contribution is 0.201. The molecule has 120 valence electrons. The molecule has 0 spiro atoms. The lowest BCUT2D eigenvalue weighted by Crippen LogP contribution is -2.02. The summed E-state index contributed by atoms with van der Waals surface area (Å²) >= 11 is 1.52. The van der Waals surface area contributed by atoms with Gasteiger partial charge in [0.15, 0.2) is 0 Å². The monoisotopic (exact) mass is 338 g/mol. The maximum Gasteiger partial charge on any atom is 0.227 e. The molecular formula is C17H14N4O2S. The Kier molecular flexibility index (Phi) is 5.01. The van der Waals surface area contributed by atoms with Crippen molar-refractivity contribution in [3.8, 4) is 22.4 Å². The maximum atomic E-state index is 9.22. The van der Waals surface area contributed by atoms with Crippen LogP contribution in [0, 0.1) is 11.3 Å². The molecule has 0 saturated heterocycles. The van der Waals surface area contributed by atoms with Gasteiger partial charge in [-0.25, -0.2) is 9.97 Å². The van der Waals surface area contributed by atoms with E-state index < -0.39 is 0 Å². The molecule has 24 heavy (non-hydrogen) atoms. The minimum Gasteiger partial charge on any atom is -0.491 e. The number of nitrogens with one attached hydrogen (secondary N) is 1. The third-order valence-corrected chi connectivity index (χ3v) is 4.01. The number of ether oxygens (including phenoxy) is 1. The Morgan fingerprint density at radius 1 is 1.25 bits per heavy atom. The molecule has 2 aromatic heterocycles. The molecule has 0 amide bonds. The third kappa shape index (κ3) is 3.68. The lowest BCUT2D eigenvalue weighted by atomic mass is 10.2. The van der Waals surface area contributed by atoms with Crippen LogP contribution in [0.1, 0.15) is 5.56 Å². The summed E-state index contributed by atoms with van der Waals surface area (Å²) in [6.07, 6.45) is 1.52. The summed E-state index contributed by atoms with van der Waals surface area (Å²) < 4.78 is 5.32. The van der Waals surface area contributed by atoms with Gasteiger partial charge < -0.3 is 15.2 Å². The Balaban J connectivity index is 1.80. The molecule has 0 aliphatic carbocycles. The Bertz CT molecular complexity index is 842. The highest BCUT2D eigenvalue weighted by Crippen LogP contribution is 2.27. The van der Waals surface area contributed by atoms with Gasteiger partial charge >= 0.3 is 0 Å². The van der Waals surface area contributed by atoms with Crippen molar-refractivity contribution in [2.45, 2.75) is 0 Å². The van der Waals surface area contributed by atoms with Crippen molar-refractivity contribution in [1.29, 1.82) is 5.26 Å². The number of rotatable bonds is 6. The van der Waals surface area contributed by atoms with Crippen LogP contribution in [0.3, 0.4) is 0 Å². The van der Waals surface area contributed by atoms with Gasteiger partial charge in [-0.15, -0.1) is 11.3 Å². The van der Waals surface area contributed by atoms with Crippen molar-refractivity contribution in [2.24, 2.45) is 0 Å². The average Bonchev–Trinajstić information content (AvgIpc) is 3.15. The molecule has 0 saturated carbocycles. The lowest BCUT2D eigenvalue weighted by Gasteiger charge is -2.08. The molecule has 2 heterocycles. The van der Waals surface area contributed by atoms with Gasteiger partial charge in [-0.1, -0.05) is 6.07 Å². The van der Waals surface area contributed by atoms with E-state index in [4.69, 9.17) is 9.84 Å². The molecule has 0 bridgehead atoms. The quantitative estimate of drug-likeness (QED) is 0.717. The molecule has 7 heteroatoms. The number of thiophene rings is 1. The highest BCUT2D eigenvalue weighted by atomic mass is 32.1. The molecule has 2 N–H and O–H groups in total. The Morgan fingerprint density at radius 3 is 2.75 bits per heavy atom. The van der Waals surface area contributed by atoms with Crippen LogP contribution in [0.15, 0.2) is 48.0 Å². The summed E-state index contributed by atoms with van der Waals surface area (Å²) in [6.45, 7) is 0.236. The Hall–Kier alpha value is -2.95. The Morgan fingerprint density at radius 2 is 2.08 bits per heavy atom. The molecule has 6 nitrogen and oxygen atoms in total. The van der Waals surface area contributed by atoms with Crippen LogP contribution < -0.4 is 10.1 Å². The van der Waals surface area contributed by atoms with E-state index in [2.05, 4.69) is 21.4 Å². The highest BCUT2D eigenvalue weighted by Gasteiger charge is 2.10. The second-order valence-corrected chi connectivity index (χ2v) is 5.71. The number of nitrogens with zero attached hydrogens (tertiary/aromatic N) is 3. The van der Waals surface area contributed by atoms with E-state index in [9.17, 15) is 5.26 Å². The molecular weight excluding hydrogens is 324 g/mol. The second-order valence-electron chi connectivity index (χ2n) is 4.77. The molecule has 0 aliphatic rings. The Labute approximate surface area is 143 Å². The number of benzene rings is 1. The standard InChI is InChI=1S/C17H14N4O2S/c18-10-12-11-19-17(21-16(12)15-2-1-9-24-15)20-13-3-5-14(6-4-13)23-8-7-22/h1-6,9,11,22H,7-8H2,(H,19,20,21). The van der Waals surface area contributed by atoms with Crippen LogP contribution in [0.5, 0.6) is 5.75 Å². The van der Waals surface area contributed by atoms with E-state index in [0.29, 0.717) is 23.0 Å². The van der Waals surface area contributed by atoms with E-state index >= 15 is 0 Å². The number of hydrogen-bond acceptors (Lipinski definition) is 7. The van der Waals surface area contributed by atoms with Crippen LogP contribution in [-0.4, -0.2) is 28.3 Å². The van der Waals surface area contributed by atoms with E-state index in [0.717, 1.165) is 10.6 Å². The number of aromatic nitrogens is 2. The first-order valence-electron chi connectivity index (χ1n) is 7.22.